The fraction of sp³-hybridized carbons (Fsp3) is 0.333. The molecule has 0 radical (unpaired) electrons. The standard InChI is InChI=1S/C12H11F3N2O3/c13-7-1-2-8(11(15)10(7)14)16-12(20)17-4-6(5-17)3-9(18)19/h1-2,6H,3-5H2,(H,16,20)(H,18,19). The number of carbonyl (C=O) groups excluding carboxylic acids is 1. The van der Waals surface area contributed by atoms with Crippen LogP contribution in [-0.4, -0.2) is 35.1 Å². The molecule has 1 aromatic carbocycles. The van der Waals surface area contributed by atoms with Gasteiger partial charge in [-0.1, -0.05) is 0 Å². The van der Waals surface area contributed by atoms with E-state index in [4.69, 9.17) is 5.11 Å². The summed E-state index contributed by atoms with van der Waals surface area (Å²) in [5.41, 5.74) is -0.462. The van der Waals surface area contributed by atoms with Crippen LogP contribution >= 0.6 is 0 Å². The number of benzene rings is 1. The largest absolute Gasteiger partial charge is 0.481 e. The molecule has 0 atom stereocenters. The second-order valence-corrected chi connectivity index (χ2v) is 4.52. The van der Waals surface area contributed by atoms with Crippen LogP contribution in [0.4, 0.5) is 23.7 Å². The Labute approximate surface area is 112 Å². The summed E-state index contributed by atoms with van der Waals surface area (Å²) < 4.78 is 39.0. The smallest absolute Gasteiger partial charge is 0.321 e. The first-order valence-corrected chi connectivity index (χ1v) is 5.79. The number of nitrogens with one attached hydrogen (secondary N) is 1. The van der Waals surface area contributed by atoms with Crippen molar-refractivity contribution >= 4 is 17.7 Å². The lowest BCUT2D eigenvalue weighted by atomic mass is 9.97. The molecular weight excluding hydrogens is 277 g/mol. The molecule has 2 N–H and O–H groups in total. The molecule has 0 aliphatic carbocycles. The Morgan fingerprint density at radius 3 is 2.50 bits per heavy atom. The topological polar surface area (TPSA) is 69.6 Å². The van der Waals surface area contributed by atoms with Crippen LogP contribution < -0.4 is 5.32 Å². The highest BCUT2D eigenvalue weighted by Gasteiger charge is 2.32. The van der Waals surface area contributed by atoms with Crippen molar-refractivity contribution in [2.45, 2.75) is 6.42 Å². The van der Waals surface area contributed by atoms with Gasteiger partial charge in [0, 0.05) is 19.0 Å². The summed E-state index contributed by atoms with van der Waals surface area (Å²) in [6, 6.07) is 0.939. The fourth-order valence-corrected chi connectivity index (χ4v) is 1.93. The van der Waals surface area contributed by atoms with Crippen LogP contribution in [0, 0.1) is 23.4 Å². The Hall–Kier alpha value is -2.25. The second kappa shape index (κ2) is 5.40. The van der Waals surface area contributed by atoms with Gasteiger partial charge in [0.2, 0.25) is 0 Å². The van der Waals surface area contributed by atoms with E-state index >= 15 is 0 Å². The number of nitrogens with zero attached hydrogens (tertiary/aromatic N) is 1. The van der Waals surface area contributed by atoms with Crippen molar-refractivity contribution in [2.24, 2.45) is 5.92 Å². The normalized spacial score (nSPS) is 14.8. The lowest BCUT2D eigenvalue weighted by Gasteiger charge is -2.38. The molecule has 0 bridgehead atoms. The van der Waals surface area contributed by atoms with Crippen LogP contribution in [0.2, 0.25) is 0 Å². The molecule has 0 saturated carbocycles. The molecule has 1 aliphatic rings. The molecule has 1 aromatic rings. The zero-order valence-corrected chi connectivity index (χ0v) is 10.2. The Morgan fingerprint density at radius 1 is 1.25 bits per heavy atom. The highest BCUT2D eigenvalue weighted by atomic mass is 19.2. The van der Waals surface area contributed by atoms with Gasteiger partial charge in [-0.3, -0.25) is 4.79 Å². The molecule has 2 rings (SSSR count). The Bertz CT molecular complexity index is 559. The Morgan fingerprint density at radius 2 is 1.90 bits per heavy atom. The Kier molecular flexibility index (Phi) is 3.82. The van der Waals surface area contributed by atoms with Gasteiger partial charge < -0.3 is 15.3 Å². The number of urea groups is 1. The second-order valence-electron chi connectivity index (χ2n) is 4.52. The number of aliphatic carboxylic acids is 1. The number of amides is 2. The van der Waals surface area contributed by atoms with E-state index in [1.807, 2.05) is 0 Å². The van der Waals surface area contributed by atoms with E-state index in [9.17, 15) is 22.8 Å². The van der Waals surface area contributed by atoms with Crippen molar-refractivity contribution in [2.75, 3.05) is 18.4 Å². The van der Waals surface area contributed by atoms with E-state index in [0.717, 1.165) is 6.07 Å². The maximum atomic E-state index is 13.3. The summed E-state index contributed by atoms with van der Waals surface area (Å²) in [5.74, 6) is -5.57. The van der Waals surface area contributed by atoms with Crippen LogP contribution in [0.25, 0.3) is 0 Å². The summed E-state index contributed by atoms with van der Waals surface area (Å²) in [6.45, 7) is 0.451. The molecule has 108 valence electrons. The molecule has 2 amide bonds. The van der Waals surface area contributed by atoms with E-state index in [2.05, 4.69) is 5.32 Å². The van der Waals surface area contributed by atoms with Gasteiger partial charge in [0.05, 0.1) is 12.1 Å². The van der Waals surface area contributed by atoms with Crippen molar-refractivity contribution in [3.8, 4) is 0 Å². The highest BCUT2D eigenvalue weighted by molar-refractivity contribution is 5.90. The van der Waals surface area contributed by atoms with Gasteiger partial charge in [-0.15, -0.1) is 0 Å². The number of rotatable bonds is 3. The molecule has 0 aromatic heterocycles. The number of likely N-dealkylation sites (tertiary alicyclic amines) is 1. The predicted molar refractivity (Wildman–Crippen MR) is 62.7 cm³/mol. The minimum absolute atomic E-state index is 0.0523. The lowest BCUT2D eigenvalue weighted by molar-refractivity contribution is -0.139. The predicted octanol–water partition coefficient (Wildman–Crippen LogP) is 2.04. The third-order valence-corrected chi connectivity index (χ3v) is 2.98. The molecule has 8 heteroatoms. The molecule has 5 nitrogen and oxygen atoms in total. The monoisotopic (exact) mass is 288 g/mol. The van der Waals surface area contributed by atoms with Gasteiger partial charge in [-0.05, 0) is 12.1 Å². The lowest BCUT2D eigenvalue weighted by Crippen LogP contribution is -2.52. The van der Waals surface area contributed by atoms with E-state index in [0.29, 0.717) is 6.07 Å². The summed E-state index contributed by atoms with van der Waals surface area (Å²) >= 11 is 0. The number of halogens is 3. The van der Waals surface area contributed by atoms with Crippen molar-refractivity contribution in [1.82, 2.24) is 4.90 Å². The first-order chi connectivity index (χ1) is 9.38. The van der Waals surface area contributed by atoms with Crippen molar-refractivity contribution in [1.29, 1.82) is 0 Å². The maximum Gasteiger partial charge on any atom is 0.321 e. The quantitative estimate of drug-likeness (QED) is 0.836. The average molecular weight is 288 g/mol. The number of carbonyl (C=O) groups is 2. The molecule has 1 saturated heterocycles. The summed E-state index contributed by atoms with van der Waals surface area (Å²) in [4.78, 5) is 23.4. The maximum absolute atomic E-state index is 13.3. The van der Waals surface area contributed by atoms with Gasteiger partial charge in [-0.25, -0.2) is 18.0 Å². The van der Waals surface area contributed by atoms with Crippen molar-refractivity contribution < 1.29 is 27.9 Å². The Balaban J connectivity index is 1.94. The molecule has 1 aliphatic heterocycles. The SMILES string of the molecule is O=C(O)CC1CN(C(=O)Nc2ccc(F)c(F)c2F)C1. The van der Waals surface area contributed by atoms with Gasteiger partial charge in [0.15, 0.2) is 17.5 Å². The molecule has 0 unspecified atom stereocenters. The van der Waals surface area contributed by atoms with E-state index < -0.39 is 35.1 Å². The third-order valence-electron chi connectivity index (χ3n) is 2.98. The zero-order valence-electron chi connectivity index (χ0n) is 10.2. The van der Waals surface area contributed by atoms with Crippen LogP contribution in [0.3, 0.4) is 0 Å². The van der Waals surface area contributed by atoms with Gasteiger partial charge in [0.25, 0.3) is 0 Å². The first-order valence-electron chi connectivity index (χ1n) is 5.79. The van der Waals surface area contributed by atoms with Crippen LogP contribution in [0.5, 0.6) is 0 Å². The molecule has 0 spiro atoms. The molecule has 1 fully saturated rings. The van der Waals surface area contributed by atoms with Gasteiger partial charge in [-0.2, -0.15) is 0 Å². The number of anilines is 1. The van der Waals surface area contributed by atoms with Crippen molar-refractivity contribution in [3.05, 3.63) is 29.6 Å². The van der Waals surface area contributed by atoms with Gasteiger partial charge >= 0.3 is 12.0 Å². The summed E-state index contributed by atoms with van der Waals surface area (Å²) in [7, 11) is 0. The first kappa shape index (κ1) is 14.2. The number of hydrogen-bond acceptors (Lipinski definition) is 2. The van der Waals surface area contributed by atoms with E-state index in [1.165, 1.54) is 4.90 Å². The van der Waals surface area contributed by atoms with Crippen molar-refractivity contribution in [3.63, 3.8) is 0 Å². The van der Waals surface area contributed by atoms with E-state index in [-0.39, 0.29) is 25.4 Å². The number of carboxylic acid groups (broad SMARTS) is 1. The highest BCUT2D eigenvalue weighted by Crippen LogP contribution is 2.23. The van der Waals surface area contributed by atoms with Crippen LogP contribution in [0.1, 0.15) is 6.42 Å². The van der Waals surface area contributed by atoms with Crippen LogP contribution in [-0.2, 0) is 4.79 Å². The average Bonchev–Trinajstić information content (AvgIpc) is 2.33. The minimum Gasteiger partial charge on any atom is -0.481 e. The minimum atomic E-state index is -1.66. The van der Waals surface area contributed by atoms with Gasteiger partial charge in [0.1, 0.15) is 0 Å². The van der Waals surface area contributed by atoms with E-state index in [1.54, 1.807) is 0 Å². The molecular formula is C12H11F3N2O3. The molecule has 20 heavy (non-hydrogen) atoms. The third kappa shape index (κ3) is 2.84. The summed E-state index contributed by atoms with van der Waals surface area (Å²) in [5, 5.41) is 10.7. The number of carboxylic acids is 1. The zero-order chi connectivity index (χ0) is 14.9. The number of hydrogen-bond donors (Lipinski definition) is 2. The fourth-order valence-electron chi connectivity index (χ4n) is 1.93. The molecule has 1 heterocycles. The van der Waals surface area contributed by atoms with Crippen LogP contribution in [0.15, 0.2) is 12.1 Å². The summed E-state index contributed by atoms with van der Waals surface area (Å²) in [6.07, 6.45) is -0.0523.